The lowest BCUT2D eigenvalue weighted by Crippen LogP contribution is -2.30. The Kier molecular flexibility index (Phi) is 4.18. The van der Waals surface area contributed by atoms with E-state index in [2.05, 4.69) is 38.2 Å². The van der Waals surface area contributed by atoms with Crippen LogP contribution < -0.4 is 10.1 Å². The molecule has 1 aliphatic heterocycles. The quantitative estimate of drug-likeness (QED) is 0.737. The summed E-state index contributed by atoms with van der Waals surface area (Å²) in [5.74, 6) is 0.752. The Bertz CT molecular complexity index is 762. The maximum atomic E-state index is 9.91. The van der Waals surface area contributed by atoms with E-state index < -0.39 is 0 Å². The van der Waals surface area contributed by atoms with Crippen molar-refractivity contribution in [3.05, 3.63) is 52.6 Å². The van der Waals surface area contributed by atoms with Crippen molar-refractivity contribution in [3.63, 3.8) is 0 Å². The van der Waals surface area contributed by atoms with Gasteiger partial charge in [-0.05, 0) is 58.4 Å². The van der Waals surface area contributed by atoms with Gasteiger partial charge in [-0.1, -0.05) is 26.8 Å². The van der Waals surface area contributed by atoms with Crippen LogP contribution in [-0.2, 0) is 11.8 Å². The van der Waals surface area contributed by atoms with Crippen LogP contribution in [0.25, 0.3) is 0 Å². The lowest BCUT2D eigenvalue weighted by atomic mass is 9.82. The minimum atomic E-state index is -0.0768. The molecule has 4 nitrogen and oxygen atoms in total. The van der Waals surface area contributed by atoms with Crippen LogP contribution in [0.3, 0.4) is 0 Å². The van der Waals surface area contributed by atoms with E-state index in [0.29, 0.717) is 0 Å². The average Bonchev–Trinajstić information content (AvgIpc) is 2.54. The van der Waals surface area contributed by atoms with Gasteiger partial charge in [0, 0.05) is 6.54 Å². The molecule has 0 aliphatic carbocycles. The van der Waals surface area contributed by atoms with Crippen LogP contribution in [0.4, 0.5) is 0 Å². The Morgan fingerprint density at radius 3 is 2.46 bits per heavy atom. The number of fused-ring (bicyclic) bond motifs is 1. The predicted molar refractivity (Wildman–Crippen MR) is 95.0 cm³/mol. The minimum absolute atomic E-state index is 0.00717. The number of benzene rings is 2. The highest BCUT2D eigenvalue weighted by atomic mass is 16.5. The highest BCUT2D eigenvalue weighted by Gasteiger charge is 2.26. The summed E-state index contributed by atoms with van der Waals surface area (Å²) in [6, 6.07) is 9.58. The Labute approximate surface area is 143 Å². The van der Waals surface area contributed by atoms with Crippen LogP contribution in [-0.4, -0.2) is 23.9 Å². The fourth-order valence-corrected chi connectivity index (χ4v) is 3.37. The van der Waals surface area contributed by atoms with Gasteiger partial charge in [-0.25, -0.2) is 0 Å². The zero-order valence-corrected chi connectivity index (χ0v) is 14.7. The predicted octanol–water partition coefficient (Wildman–Crippen LogP) is 3.64. The van der Waals surface area contributed by atoms with Gasteiger partial charge in [0.15, 0.2) is 11.5 Å². The summed E-state index contributed by atoms with van der Waals surface area (Å²) in [6.07, 6.45) is 0.835. The standard InChI is InChI=1S/C20H25NO3/c1-20(2,3)15-9-13(5-6-18(15)24-4)19-14-11-17(23)16(22)10-12(14)7-8-21-19/h5-6,9-11,19,21-23H,7-8H2,1-4H3. The SMILES string of the molecule is COc1ccc(C2NCCc3cc(O)c(O)cc32)cc1C(C)(C)C. The van der Waals surface area contributed by atoms with Crippen molar-refractivity contribution in [2.45, 2.75) is 38.6 Å². The van der Waals surface area contributed by atoms with E-state index in [1.165, 1.54) is 0 Å². The molecule has 0 aromatic heterocycles. The smallest absolute Gasteiger partial charge is 0.157 e. The van der Waals surface area contributed by atoms with Crippen LogP contribution >= 0.6 is 0 Å². The van der Waals surface area contributed by atoms with E-state index in [1.807, 2.05) is 6.07 Å². The fraction of sp³-hybridized carbons (Fsp3) is 0.400. The molecule has 4 heteroatoms. The Morgan fingerprint density at radius 2 is 1.79 bits per heavy atom. The van der Waals surface area contributed by atoms with Crippen LogP contribution in [0.5, 0.6) is 17.2 Å². The van der Waals surface area contributed by atoms with Gasteiger partial charge >= 0.3 is 0 Å². The zero-order chi connectivity index (χ0) is 17.5. The number of hydrogen-bond donors (Lipinski definition) is 3. The van der Waals surface area contributed by atoms with Crippen LogP contribution in [0, 0.1) is 0 Å². The third-order valence-corrected chi connectivity index (χ3v) is 4.66. The van der Waals surface area contributed by atoms with Crippen LogP contribution in [0.2, 0.25) is 0 Å². The maximum Gasteiger partial charge on any atom is 0.157 e. The van der Waals surface area contributed by atoms with E-state index in [9.17, 15) is 10.2 Å². The highest BCUT2D eigenvalue weighted by molar-refractivity contribution is 5.52. The summed E-state index contributed by atoms with van der Waals surface area (Å²) in [4.78, 5) is 0. The van der Waals surface area contributed by atoms with Crippen molar-refractivity contribution in [2.24, 2.45) is 0 Å². The molecule has 0 fully saturated rings. The van der Waals surface area contributed by atoms with E-state index in [4.69, 9.17) is 4.74 Å². The molecule has 0 bridgehead atoms. The topological polar surface area (TPSA) is 61.7 Å². The van der Waals surface area contributed by atoms with E-state index in [1.54, 1.807) is 19.2 Å². The van der Waals surface area contributed by atoms with Crippen molar-refractivity contribution in [2.75, 3.05) is 13.7 Å². The first-order valence-corrected chi connectivity index (χ1v) is 8.28. The molecule has 0 saturated heterocycles. The van der Waals surface area contributed by atoms with Crippen LogP contribution in [0.1, 0.15) is 49.1 Å². The van der Waals surface area contributed by atoms with Gasteiger partial charge in [0.25, 0.3) is 0 Å². The summed E-state index contributed by atoms with van der Waals surface area (Å²) in [6.45, 7) is 7.33. The first kappa shape index (κ1) is 16.7. The number of rotatable bonds is 2. The largest absolute Gasteiger partial charge is 0.504 e. The third-order valence-electron chi connectivity index (χ3n) is 4.66. The second-order valence-corrected chi connectivity index (χ2v) is 7.39. The summed E-state index contributed by atoms with van der Waals surface area (Å²) < 4.78 is 5.53. The second-order valence-electron chi connectivity index (χ2n) is 7.39. The third kappa shape index (κ3) is 2.94. The normalized spacial score (nSPS) is 17.4. The van der Waals surface area contributed by atoms with Gasteiger partial charge in [-0.2, -0.15) is 0 Å². The zero-order valence-electron chi connectivity index (χ0n) is 14.7. The number of hydrogen-bond acceptors (Lipinski definition) is 4. The van der Waals surface area contributed by atoms with Gasteiger partial charge < -0.3 is 20.3 Å². The lowest BCUT2D eigenvalue weighted by molar-refractivity contribution is 0.396. The Morgan fingerprint density at radius 1 is 1.08 bits per heavy atom. The summed E-state index contributed by atoms with van der Waals surface area (Å²) >= 11 is 0. The minimum Gasteiger partial charge on any atom is -0.504 e. The first-order valence-electron chi connectivity index (χ1n) is 8.28. The monoisotopic (exact) mass is 327 g/mol. The first-order chi connectivity index (χ1) is 11.3. The molecule has 1 atom stereocenters. The highest BCUT2D eigenvalue weighted by Crippen LogP contribution is 2.39. The van der Waals surface area contributed by atoms with Gasteiger partial charge in [0.05, 0.1) is 13.2 Å². The Balaban J connectivity index is 2.10. The van der Waals surface area contributed by atoms with Gasteiger partial charge in [0.1, 0.15) is 5.75 Å². The van der Waals surface area contributed by atoms with Gasteiger partial charge in [0.2, 0.25) is 0 Å². The molecule has 1 heterocycles. The number of methoxy groups -OCH3 is 1. The summed E-state index contributed by atoms with van der Waals surface area (Å²) in [7, 11) is 1.69. The van der Waals surface area contributed by atoms with Crippen molar-refractivity contribution < 1.29 is 14.9 Å². The number of phenols is 2. The number of ether oxygens (including phenoxy) is 1. The molecule has 128 valence electrons. The molecule has 2 aromatic carbocycles. The fourth-order valence-electron chi connectivity index (χ4n) is 3.37. The second kappa shape index (κ2) is 6.02. The average molecular weight is 327 g/mol. The molecule has 1 aliphatic rings. The summed E-state index contributed by atoms with van der Waals surface area (Å²) in [5.41, 5.74) is 4.34. The van der Waals surface area contributed by atoms with Gasteiger partial charge in [-0.3, -0.25) is 0 Å². The summed E-state index contributed by atoms with van der Waals surface area (Å²) in [5, 5.41) is 23.2. The molecule has 0 saturated carbocycles. The number of phenolic OH excluding ortho intramolecular Hbond substituents is 2. The molecule has 1 unspecified atom stereocenters. The molecule has 0 spiro atoms. The number of aromatic hydroxyl groups is 2. The molecule has 0 radical (unpaired) electrons. The van der Waals surface area contributed by atoms with E-state index >= 15 is 0 Å². The molecular formula is C20H25NO3. The maximum absolute atomic E-state index is 9.91. The molecule has 3 N–H and O–H groups in total. The molecule has 0 amide bonds. The van der Waals surface area contributed by atoms with Crippen molar-refractivity contribution >= 4 is 0 Å². The van der Waals surface area contributed by atoms with E-state index in [0.717, 1.165) is 41.0 Å². The van der Waals surface area contributed by atoms with Crippen molar-refractivity contribution in [1.82, 2.24) is 5.32 Å². The van der Waals surface area contributed by atoms with Gasteiger partial charge in [-0.15, -0.1) is 0 Å². The molecule has 2 aromatic rings. The Hall–Kier alpha value is -2.20. The molecular weight excluding hydrogens is 302 g/mol. The lowest BCUT2D eigenvalue weighted by Gasteiger charge is -2.30. The number of nitrogens with one attached hydrogen (secondary N) is 1. The van der Waals surface area contributed by atoms with Crippen molar-refractivity contribution in [1.29, 1.82) is 0 Å². The van der Waals surface area contributed by atoms with E-state index in [-0.39, 0.29) is 23.0 Å². The van der Waals surface area contributed by atoms with Crippen LogP contribution in [0.15, 0.2) is 30.3 Å². The van der Waals surface area contributed by atoms with Crippen molar-refractivity contribution in [3.8, 4) is 17.2 Å². The molecule has 3 rings (SSSR count). The molecule has 24 heavy (non-hydrogen) atoms.